The van der Waals surface area contributed by atoms with Crippen LogP contribution in [0.25, 0.3) is 5.69 Å². The lowest BCUT2D eigenvalue weighted by Crippen LogP contribution is -2.46. The molecule has 2 heterocycles. The van der Waals surface area contributed by atoms with Gasteiger partial charge in [-0.3, -0.25) is 9.69 Å². The van der Waals surface area contributed by atoms with Crippen LogP contribution in [0.1, 0.15) is 10.4 Å². The molecule has 7 heteroatoms. The molecular formula is C16H20ClN5O. The predicted molar refractivity (Wildman–Crippen MR) is 90.2 cm³/mol. The quantitative estimate of drug-likeness (QED) is 0.862. The highest BCUT2D eigenvalue weighted by Crippen LogP contribution is 2.13. The standard InChI is InChI=1S/C16H20ClN5O/c17-14-1-3-15(4-2-14)22-12-13(11-20-22)16(23)19-7-10-21-8-5-18-6-9-21/h1-4,11-12,18H,5-10H2,(H,19,23). The number of carbonyl (C=O) groups excluding carboxylic acids is 1. The Bertz CT molecular complexity index is 649. The van der Waals surface area contributed by atoms with Crippen molar-refractivity contribution in [2.45, 2.75) is 0 Å². The summed E-state index contributed by atoms with van der Waals surface area (Å²) in [7, 11) is 0. The van der Waals surface area contributed by atoms with Crippen LogP contribution in [-0.2, 0) is 0 Å². The number of halogens is 1. The molecule has 23 heavy (non-hydrogen) atoms. The molecular weight excluding hydrogens is 314 g/mol. The Balaban J connectivity index is 1.52. The number of benzene rings is 1. The van der Waals surface area contributed by atoms with Crippen molar-refractivity contribution in [3.8, 4) is 5.69 Å². The number of nitrogens with zero attached hydrogens (tertiary/aromatic N) is 3. The zero-order valence-electron chi connectivity index (χ0n) is 12.8. The van der Waals surface area contributed by atoms with Gasteiger partial charge in [0.1, 0.15) is 0 Å². The summed E-state index contributed by atoms with van der Waals surface area (Å²) in [5, 5.41) is 11.2. The number of carbonyl (C=O) groups is 1. The fourth-order valence-electron chi connectivity index (χ4n) is 2.54. The van der Waals surface area contributed by atoms with Crippen LogP contribution in [0.2, 0.25) is 5.02 Å². The van der Waals surface area contributed by atoms with Gasteiger partial charge in [-0.05, 0) is 24.3 Å². The van der Waals surface area contributed by atoms with Crippen LogP contribution in [0.4, 0.5) is 0 Å². The Morgan fingerprint density at radius 3 is 2.74 bits per heavy atom. The smallest absolute Gasteiger partial charge is 0.254 e. The van der Waals surface area contributed by atoms with Crippen molar-refractivity contribution < 1.29 is 4.79 Å². The second-order valence-corrected chi connectivity index (χ2v) is 5.93. The molecule has 0 saturated carbocycles. The number of rotatable bonds is 5. The summed E-state index contributed by atoms with van der Waals surface area (Å²) in [6, 6.07) is 7.32. The molecule has 0 aliphatic carbocycles. The molecule has 1 aliphatic heterocycles. The van der Waals surface area contributed by atoms with E-state index in [1.165, 1.54) is 0 Å². The first-order chi connectivity index (χ1) is 11.2. The lowest BCUT2D eigenvalue weighted by Gasteiger charge is -2.26. The maximum absolute atomic E-state index is 12.2. The van der Waals surface area contributed by atoms with Crippen molar-refractivity contribution in [1.29, 1.82) is 0 Å². The zero-order valence-corrected chi connectivity index (χ0v) is 13.6. The van der Waals surface area contributed by atoms with Gasteiger partial charge in [-0.1, -0.05) is 11.6 Å². The van der Waals surface area contributed by atoms with Gasteiger partial charge >= 0.3 is 0 Å². The molecule has 122 valence electrons. The molecule has 0 unspecified atom stereocenters. The summed E-state index contributed by atoms with van der Waals surface area (Å²) in [4.78, 5) is 14.5. The molecule has 1 amide bonds. The summed E-state index contributed by atoms with van der Waals surface area (Å²) in [6.45, 7) is 5.61. The van der Waals surface area contributed by atoms with E-state index in [4.69, 9.17) is 11.6 Å². The second kappa shape index (κ2) is 7.59. The van der Waals surface area contributed by atoms with Gasteiger partial charge in [-0.25, -0.2) is 4.68 Å². The molecule has 0 spiro atoms. The van der Waals surface area contributed by atoms with Crippen LogP contribution in [0.15, 0.2) is 36.7 Å². The highest BCUT2D eigenvalue weighted by molar-refractivity contribution is 6.30. The Hall–Kier alpha value is -1.89. The van der Waals surface area contributed by atoms with Gasteiger partial charge in [0.25, 0.3) is 5.91 Å². The van der Waals surface area contributed by atoms with Gasteiger partial charge in [-0.2, -0.15) is 5.10 Å². The van der Waals surface area contributed by atoms with Crippen LogP contribution in [0.5, 0.6) is 0 Å². The van der Waals surface area contributed by atoms with Crippen LogP contribution in [0, 0.1) is 0 Å². The van der Waals surface area contributed by atoms with E-state index in [2.05, 4.69) is 20.6 Å². The third-order valence-electron chi connectivity index (χ3n) is 3.86. The summed E-state index contributed by atoms with van der Waals surface area (Å²) in [5.74, 6) is -0.0969. The molecule has 1 fully saturated rings. The predicted octanol–water partition coefficient (Wildman–Crippen LogP) is 1.16. The molecule has 1 aliphatic rings. The summed E-state index contributed by atoms with van der Waals surface area (Å²) in [5.41, 5.74) is 1.43. The van der Waals surface area contributed by atoms with Crippen molar-refractivity contribution >= 4 is 17.5 Å². The van der Waals surface area contributed by atoms with Crippen molar-refractivity contribution in [1.82, 2.24) is 25.3 Å². The molecule has 1 saturated heterocycles. The van der Waals surface area contributed by atoms with E-state index >= 15 is 0 Å². The highest BCUT2D eigenvalue weighted by atomic mass is 35.5. The summed E-state index contributed by atoms with van der Waals surface area (Å²) in [6.07, 6.45) is 3.30. The van der Waals surface area contributed by atoms with Crippen LogP contribution in [0.3, 0.4) is 0 Å². The van der Waals surface area contributed by atoms with Gasteiger partial charge in [0.2, 0.25) is 0 Å². The number of nitrogens with one attached hydrogen (secondary N) is 2. The minimum absolute atomic E-state index is 0.0969. The Morgan fingerprint density at radius 2 is 2.00 bits per heavy atom. The number of hydrogen-bond donors (Lipinski definition) is 2. The van der Waals surface area contributed by atoms with E-state index < -0.39 is 0 Å². The van der Waals surface area contributed by atoms with Gasteiger partial charge in [-0.15, -0.1) is 0 Å². The molecule has 0 atom stereocenters. The fourth-order valence-corrected chi connectivity index (χ4v) is 2.67. The zero-order chi connectivity index (χ0) is 16.1. The SMILES string of the molecule is O=C(NCCN1CCNCC1)c1cnn(-c2ccc(Cl)cc2)c1. The van der Waals surface area contributed by atoms with Crippen LogP contribution in [-0.4, -0.2) is 59.9 Å². The number of hydrogen-bond acceptors (Lipinski definition) is 4. The van der Waals surface area contributed by atoms with E-state index in [1.807, 2.05) is 12.1 Å². The first-order valence-electron chi connectivity index (χ1n) is 7.74. The summed E-state index contributed by atoms with van der Waals surface area (Å²) < 4.78 is 1.67. The average molecular weight is 334 g/mol. The largest absolute Gasteiger partial charge is 0.351 e. The molecule has 3 rings (SSSR count). The monoisotopic (exact) mass is 333 g/mol. The van der Waals surface area contributed by atoms with E-state index in [-0.39, 0.29) is 5.91 Å². The van der Waals surface area contributed by atoms with E-state index in [1.54, 1.807) is 29.2 Å². The minimum atomic E-state index is -0.0969. The number of piperazine rings is 1. The Kier molecular flexibility index (Phi) is 5.27. The molecule has 1 aromatic heterocycles. The van der Waals surface area contributed by atoms with E-state index in [0.717, 1.165) is 38.4 Å². The Morgan fingerprint density at radius 1 is 1.26 bits per heavy atom. The van der Waals surface area contributed by atoms with Gasteiger partial charge in [0.15, 0.2) is 0 Å². The van der Waals surface area contributed by atoms with Crippen LogP contribution >= 0.6 is 11.6 Å². The highest BCUT2D eigenvalue weighted by Gasteiger charge is 2.12. The fraction of sp³-hybridized carbons (Fsp3) is 0.375. The normalized spacial score (nSPS) is 15.5. The van der Waals surface area contributed by atoms with Gasteiger partial charge in [0.05, 0.1) is 17.4 Å². The maximum Gasteiger partial charge on any atom is 0.254 e. The number of amides is 1. The molecule has 6 nitrogen and oxygen atoms in total. The van der Waals surface area contributed by atoms with E-state index in [9.17, 15) is 4.79 Å². The van der Waals surface area contributed by atoms with Crippen molar-refractivity contribution in [3.63, 3.8) is 0 Å². The molecule has 0 bridgehead atoms. The topological polar surface area (TPSA) is 62.2 Å². The number of aromatic nitrogens is 2. The van der Waals surface area contributed by atoms with Crippen LogP contribution < -0.4 is 10.6 Å². The lowest BCUT2D eigenvalue weighted by atomic mass is 10.3. The van der Waals surface area contributed by atoms with Crippen molar-refractivity contribution in [2.75, 3.05) is 39.3 Å². The molecule has 1 aromatic carbocycles. The second-order valence-electron chi connectivity index (χ2n) is 5.50. The third-order valence-corrected chi connectivity index (χ3v) is 4.11. The molecule has 2 aromatic rings. The van der Waals surface area contributed by atoms with E-state index in [0.29, 0.717) is 17.1 Å². The van der Waals surface area contributed by atoms with Gasteiger partial charge in [0, 0.05) is 50.5 Å². The Labute approximate surface area is 140 Å². The minimum Gasteiger partial charge on any atom is -0.351 e. The third kappa shape index (κ3) is 4.31. The maximum atomic E-state index is 12.2. The van der Waals surface area contributed by atoms with Crippen molar-refractivity contribution in [3.05, 3.63) is 47.2 Å². The summed E-state index contributed by atoms with van der Waals surface area (Å²) >= 11 is 5.87. The first kappa shape index (κ1) is 16.0. The van der Waals surface area contributed by atoms with Gasteiger partial charge < -0.3 is 10.6 Å². The van der Waals surface area contributed by atoms with Crippen molar-refractivity contribution in [2.24, 2.45) is 0 Å². The first-order valence-corrected chi connectivity index (χ1v) is 8.12. The molecule has 0 radical (unpaired) electrons. The molecule has 2 N–H and O–H groups in total. The average Bonchev–Trinajstić information content (AvgIpc) is 3.06. The lowest BCUT2D eigenvalue weighted by molar-refractivity contribution is 0.0947.